The van der Waals surface area contributed by atoms with Crippen molar-refractivity contribution in [1.82, 2.24) is 0 Å². The summed E-state index contributed by atoms with van der Waals surface area (Å²) in [4.78, 5) is 10.2. The minimum absolute atomic E-state index is 0.0165. The van der Waals surface area contributed by atoms with E-state index in [4.69, 9.17) is 4.74 Å². The number of hydrogen-bond acceptors (Lipinski definition) is 4. The van der Waals surface area contributed by atoms with Gasteiger partial charge in [0.05, 0.1) is 12.0 Å². The van der Waals surface area contributed by atoms with Gasteiger partial charge in [-0.25, -0.2) is 0 Å². The van der Waals surface area contributed by atoms with Crippen LogP contribution in [-0.4, -0.2) is 18.1 Å². The van der Waals surface area contributed by atoms with Gasteiger partial charge >= 0.3 is 5.69 Å². The second-order valence-electron chi connectivity index (χ2n) is 3.60. The fourth-order valence-corrected chi connectivity index (χ4v) is 1.30. The molecule has 1 aromatic rings. The Morgan fingerprint density at radius 2 is 2.25 bits per heavy atom. The maximum Gasteiger partial charge on any atom is 0.311 e. The van der Waals surface area contributed by atoms with E-state index in [0.717, 1.165) is 12.1 Å². The molecule has 1 N–H and O–H groups in total. The molecular formula is C11H16N2O3. The van der Waals surface area contributed by atoms with Crippen LogP contribution in [0.15, 0.2) is 18.2 Å². The molecule has 0 radical (unpaired) electrons. The SMILES string of the molecule is CCC(C)Nc1ccc([N+](=O)[O-])c(OC)c1. The Labute approximate surface area is 94.6 Å². The van der Waals surface area contributed by atoms with Gasteiger partial charge < -0.3 is 10.1 Å². The van der Waals surface area contributed by atoms with Crippen molar-refractivity contribution in [2.45, 2.75) is 26.3 Å². The third-order valence-corrected chi connectivity index (χ3v) is 2.40. The molecule has 0 saturated heterocycles. The van der Waals surface area contributed by atoms with Crippen molar-refractivity contribution < 1.29 is 9.66 Å². The minimum Gasteiger partial charge on any atom is -0.490 e. The highest BCUT2D eigenvalue weighted by molar-refractivity contribution is 5.58. The van der Waals surface area contributed by atoms with Crippen LogP contribution in [0.2, 0.25) is 0 Å². The average molecular weight is 224 g/mol. The molecule has 0 spiro atoms. The molecule has 0 amide bonds. The molecular weight excluding hydrogens is 208 g/mol. The number of nitro groups is 1. The van der Waals surface area contributed by atoms with E-state index in [-0.39, 0.29) is 11.4 Å². The third-order valence-electron chi connectivity index (χ3n) is 2.40. The predicted molar refractivity (Wildman–Crippen MR) is 63.0 cm³/mol. The zero-order valence-corrected chi connectivity index (χ0v) is 9.69. The van der Waals surface area contributed by atoms with E-state index in [2.05, 4.69) is 12.2 Å². The first-order valence-electron chi connectivity index (χ1n) is 5.17. The molecule has 16 heavy (non-hydrogen) atoms. The number of benzene rings is 1. The standard InChI is InChI=1S/C11H16N2O3/c1-4-8(2)12-9-5-6-10(13(14)15)11(7-9)16-3/h5-8,12H,4H2,1-3H3. The maximum absolute atomic E-state index is 10.7. The van der Waals surface area contributed by atoms with Gasteiger partial charge in [0, 0.05) is 23.9 Å². The van der Waals surface area contributed by atoms with Crippen molar-refractivity contribution in [1.29, 1.82) is 0 Å². The Bertz CT molecular complexity index is 379. The molecule has 88 valence electrons. The molecule has 0 fully saturated rings. The van der Waals surface area contributed by atoms with E-state index in [1.165, 1.54) is 13.2 Å². The smallest absolute Gasteiger partial charge is 0.311 e. The number of rotatable bonds is 5. The number of hydrogen-bond donors (Lipinski definition) is 1. The number of nitrogens with one attached hydrogen (secondary N) is 1. The lowest BCUT2D eigenvalue weighted by atomic mass is 10.2. The van der Waals surface area contributed by atoms with Gasteiger partial charge in [-0.1, -0.05) is 6.92 Å². The Morgan fingerprint density at radius 1 is 1.56 bits per heavy atom. The largest absolute Gasteiger partial charge is 0.490 e. The summed E-state index contributed by atoms with van der Waals surface area (Å²) in [6.07, 6.45) is 0.985. The lowest BCUT2D eigenvalue weighted by molar-refractivity contribution is -0.385. The van der Waals surface area contributed by atoms with Crippen LogP contribution in [0, 0.1) is 10.1 Å². The van der Waals surface area contributed by atoms with Crippen molar-refractivity contribution in [3.05, 3.63) is 28.3 Å². The summed E-state index contributed by atoms with van der Waals surface area (Å²) < 4.78 is 4.98. The number of anilines is 1. The van der Waals surface area contributed by atoms with Gasteiger partial charge in [0.2, 0.25) is 0 Å². The van der Waals surface area contributed by atoms with Crippen LogP contribution in [0.4, 0.5) is 11.4 Å². The van der Waals surface area contributed by atoms with E-state index < -0.39 is 4.92 Å². The van der Waals surface area contributed by atoms with E-state index in [1.807, 2.05) is 6.92 Å². The van der Waals surface area contributed by atoms with Gasteiger partial charge in [-0.3, -0.25) is 10.1 Å². The van der Waals surface area contributed by atoms with E-state index in [1.54, 1.807) is 12.1 Å². The van der Waals surface area contributed by atoms with Crippen molar-refractivity contribution in [2.24, 2.45) is 0 Å². The molecule has 0 aliphatic heterocycles. The highest BCUT2D eigenvalue weighted by Crippen LogP contribution is 2.29. The molecule has 5 nitrogen and oxygen atoms in total. The molecule has 0 aliphatic rings. The lowest BCUT2D eigenvalue weighted by Gasteiger charge is -2.13. The first kappa shape index (κ1) is 12.3. The summed E-state index contributed by atoms with van der Waals surface area (Å²) in [6, 6.07) is 5.10. The Balaban J connectivity index is 2.95. The van der Waals surface area contributed by atoms with Crippen molar-refractivity contribution >= 4 is 11.4 Å². The van der Waals surface area contributed by atoms with Gasteiger partial charge in [-0.15, -0.1) is 0 Å². The molecule has 0 aromatic heterocycles. The fourth-order valence-electron chi connectivity index (χ4n) is 1.30. The predicted octanol–water partition coefficient (Wildman–Crippen LogP) is 2.81. The molecule has 5 heteroatoms. The van der Waals surface area contributed by atoms with E-state index in [9.17, 15) is 10.1 Å². The highest BCUT2D eigenvalue weighted by Gasteiger charge is 2.14. The summed E-state index contributed by atoms with van der Waals surface area (Å²) in [5.74, 6) is 0.276. The topological polar surface area (TPSA) is 64.4 Å². The normalized spacial score (nSPS) is 11.9. The number of nitrogens with zero attached hydrogens (tertiary/aromatic N) is 1. The second-order valence-corrected chi connectivity index (χ2v) is 3.60. The van der Waals surface area contributed by atoms with Crippen molar-refractivity contribution in [3.63, 3.8) is 0 Å². The Hall–Kier alpha value is -1.78. The van der Waals surface area contributed by atoms with E-state index >= 15 is 0 Å². The van der Waals surface area contributed by atoms with Gasteiger partial charge in [0.1, 0.15) is 0 Å². The van der Waals surface area contributed by atoms with Gasteiger partial charge in [-0.2, -0.15) is 0 Å². The summed E-state index contributed by atoms with van der Waals surface area (Å²) >= 11 is 0. The lowest BCUT2D eigenvalue weighted by Crippen LogP contribution is -2.13. The number of nitro benzene ring substituents is 1. The highest BCUT2D eigenvalue weighted by atomic mass is 16.6. The number of methoxy groups -OCH3 is 1. The molecule has 0 heterocycles. The Kier molecular flexibility index (Phi) is 4.10. The van der Waals surface area contributed by atoms with E-state index in [0.29, 0.717) is 6.04 Å². The monoisotopic (exact) mass is 224 g/mol. The van der Waals surface area contributed by atoms with Crippen LogP contribution >= 0.6 is 0 Å². The van der Waals surface area contributed by atoms with Crippen LogP contribution in [0.5, 0.6) is 5.75 Å². The van der Waals surface area contributed by atoms with Gasteiger partial charge in [0.25, 0.3) is 0 Å². The molecule has 1 rings (SSSR count). The fraction of sp³-hybridized carbons (Fsp3) is 0.455. The van der Waals surface area contributed by atoms with Crippen molar-refractivity contribution in [3.8, 4) is 5.75 Å². The first-order valence-corrected chi connectivity index (χ1v) is 5.17. The van der Waals surface area contributed by atoms with Gasteiger partial charge in [-0.05, 0) is 19.4 Å². The summed E-state index contributed by atoms with van der Waals surface area (Å²) in [5.41, 5.74) is 0.814. The summed E-state index contributed by atoms with van der Waals surface area (Å²) in [7, 11) is 1.43. The van der Waals surface area contributed by atoms with Crippen LogP contribution in [0.1, 0.15) is 20.3 Å². The third kappa shape index (κ3) is 2.85. The molecule has 0 aliphatic carbocycles. The van der Waals surface area contributed by atoms with Crippen LogP contribution in [-0.2, 0) is 0 Å². The second kappa shape index (κ2) is 5.34. The molecule has 0 saturated carbocycles. The average Bonchev–Trinajstić information content (AvgIpc) is 2.28. The first-order chi connectivity index (χ1) is 7.58. The van der Waals surface area contributed by atoms with Crippen LogP contribution < -0.4 is 10.1 Å². The van der Waals surface area contributed by atoms with Crippen LogP contribution in [0.3, 0.4) is 0 Å². The Morgan fingerprint density at radius 3 is 2.75 bits per heavy atom. The quantitative estimate of drug-likeness (QED) is 0.617. The molecule has 1 atom stereocenters. The van der Waals surface area contributed by atoms with Crippen LogP contribution in [0.25, 0.3) is 0 Å². The van der Waals surface area contributed by atoms with Crippen molar-refractivity contribution in [2.75, 3.05) is 12.4 Å². The zero-order chi connectivity index (χ0) is 12.1. The minimum atomic E-state index is -0.453. The number of ether oxygens (including phenoxy) is 1. The van der Waals surface area contributed by atoms with Gasteiger partial charge in [0.15, 0.2) is 5.75 Å². The summed E-state index contributed by atoms with van der Waals surface area (Å²) in [5, 5.41) is 13.9. The molecule has 1 unspecified atom stereocenters. The zero-order valence-electron chi connectivity index (χ0n) is 9.69. The summed E-state index contributed by atoms with van der Waals surface area (Å²) in [6.45, 7) is 4.12. The molecule has 1 aromatic carbocycles. The maximum atomic E-state index is 10.7. The molecule has 0 bridgehead atoms.